The number of benzene rings is 2. The molecule has 24 heavy (non-hydrogen) atoms. The van der Waals surface area contributed by atoms with Crippen LogP contribution in [0.5, 0.6) is 5.75 Å². The molecule has 0 unspecified atom stereocenters. The van der Waals surface area contributed by atoms with Crippen molar-refractivity contribution < 1.29 is 9.53 Å². The summed E-state index contributed by atoms with van der Waals surface area (Å²) < 4.78 is 6.52. The fourth-order valence-corrected chi connectivity index (χ4v) is 4.27. The molecule has 0 saturated carbocycles. The molecule has 3 nitrogen and oxygen atoms in total. The molecular weight excluding hydrogens is 430 g/mol. The van der Waals surface area contributed by atoms with Crippen LogP contribution in [0.1, 0.15) is 5.56 Å². The molecule has 0 spiro atoms. The molecule has 7 heteroatoms. The summed E-state index contributed by atoms with van der Waals surface area (Å²) >= 11 is 16.1. The van der Waals surface area contributed by atoms with Crippen molar-refractivity contribution in [3.05, 3.63) is 62.4 Å². The number of anilines is 1. The molecule has 2 aromatic carbocycles. The van der Waals surface area contributed by atoms with Gasteiger partial charge in [-0.05, 0) is 57.9 Å². The fourth-order valence-electron chi connectivity index (χ4n) is 2.23. The van der Waals surface area contributed by atoms with Crippen molar-refractivity contribution in [2.24, 2.45) is 0 Å². The fraction of sp³-hybridized carbons (Fsp3) is 0.0588. The quantitative estimate of drug-likeness (QED) is 0.464. The van der Waals surface area contributed by atoms with Gasteiger partial charge in [0.15, 0.2) is 4.32 Å². The van der Waals surface area contributed by atoms with Crippen molar-refractivity contribution >= 4 is 73.5 Å². The molecule has 122 valence electrons. The summed E-state index contributed by atoms with van der Waals surface area (Å²) in [5, 5.41) is 0.560. The molecule has 0 N–H and O–H groups in total. The number of methoxy groups -OCH3 is 1. The first-order valence-electron chi connectivity index (χ1n) is 6.86. The van der Waals surface area contributed by atoms with E-state index >= 15 is 0 Å². The van der Waals surface area contributed by atoms with Crippen LogP contribution in [-0.2, 0) is 4.79 Å². The summed E-state index contributed by atoms with van der Waals surface area (Å²) in [6.45, 7) is 0. The summed E-state index contributed by atoms with van der Waals surface area (Å²) in [6, 6.07) is 12.7. The smallest absolute Gasteiger partial charge is 0.270 e. The van der Waals surface area contributed by atoms with Gasteiger partial charge in [-0.25, -0.2) is 0 Å². The summed E-state index contributed by atoms with van der Waals surface area (Å²) in [5.74, 6) is 0.581. The lowest BCUT2D eigenvalue weighted by Gasteiger charge is -2.14. The lowest BCUT2D eigenvalue weighted by atomic mass is 10.2. The van der Waals surface area contributed by atoms with E-state index in [4.69, 9.17) is 28.6 Å². The zero-order chi connectivity index (χ0) is 17.3. The van der Waals surface area contributed by atoms with Crippen molar-refractivity contribution in [2.45, 2.75) is 0 Å². The predicted octanol–water partition coefficient (Wildman–Crippen LogP) is 5.52. The van der Waals surface area contributed by atoms with E-state index in [0.29, 0.717) is 19.9 Å². The SMILES string of the molecule is COc1ccc(/C=C2\SC(=S)N(c3cccc(Cl)c3)C2=O)cc1Br. The lowest BCUT2D eigenvalue weighted by Crippen LogP contribution is -2.27. The Kier molecular flexibility index (Phi) is 5.30. The third-order valence-electron chi connectivity index (χ3n) is 3.33. The number of thioether (sulfide) groups is 1. The van der Waals surface area contributed by atoms with E-state index in [9.17, 15) is 4.79 Å². The summed E-state index contributed by atoms with van der Waals surface area (Å²) in [6.07, 6.45) is 1.81. The van der Waals surface area contributed by atoms with Gasteiger partial charge in [-0.1, -0.05) is 47.7 Å². The van der Waals surface area contributed by atoms with E-state index < -0.39 is 0 Å². The van der Waals surface area contributed by atoms with Gasteiger partial charge >= 0.3 is 0 Å². The first-order valence-corrected chi connectivity index (χ1v) is 9.26. The van der Waals surface area contributed by atoms with Crippen LogP contribution >= 0.6 is 51.5 Å². The molecule has 0 atom stereocenters. The van der Waals surface area contributed by atoms with Crippen LogP contribution < -0.4 is 9.64 Å². The number of ether oxygens (including phenoxy) is 1. The summed E-state index contributed by atoms with van der Waals surface area (Å²) in [4.78, 5) is 14.8. The maximum atomic E-state index is 12.7. The second-order valence-electron chi connectivity index (χ2n) is 4.89. The van der Waals surface area contributed by atoms with Gasteiger partial charge in [-0.15, -0.1) is 0 Å². The normalized spacial score (nSPS) is 16.1. The van der Waals surface area contributed by atoms with Crippen molar-refractivity contribution in [2.75, 3.05) is 12.0 Å². The molecule has 0 aromatic heterocycles. The van der Waals surface area contributed by atoms with Crippen LogP contribution in [0.3, 0.4) is 0 Å². The number of carbonyl (C=O) groups is 1. The van der Waals surface area contributed by atoms with Crippen LogP contribution in [0, 0.1) is 0 Å². The van der Waals surface area contributed by atoms with Crippen LogP contribution in [0.4, 0.5) is 5.69 Å². The maximum absolute atomic E-state index is 12.7. The third kappa shape index (κ3) is 3.52. The number of carbonyl (C=O) groups excluding carboxylic acids is 1. The highest BCUT2D eigenvalue weighted by Crippen LogP contribution is 2.37. The van der Waals surface area contributed by atoms with Gasteiger partial charge in [0.2, 0.25) is 0 Å². The molecule has 1 aliphatic heterocycles. The highest BCUT2D eigenvalue weighted by Gasteiger charge is 2.33. The predicted molar refractivity (Wildman–Crippen MR) is 108 cm³/mol. The molecule has 0 bridgehead atoms. The van der Waals surface area contributed by atoms with Gasteiger partial charge in [0.05, 0.1) is 22.2 Å². The minimum absolute atomic E-state index is 0.154. The highest BCUT2D eigenvalue weighted by atomic mass is 79.9. The molecule has 1 amide bonds. The average molecular weight is 441 g/mol. The number of hydrogen-bond donors (Lipinski definition) is 0. The minimum atomic E-state index is -0.154. The Balaban J connectivity index is 1.92. The van der Waals surface area contributed by atoms with Gasteiger partial charge in [-0.2, -0.15) is 0 Å². The Bertz CT molecular complexity index is 869. The minimum Gasteiger partial charge on any atom is -0.496 e. The van der Waals surface area contributed by atoms with Crippen molar-refractivity contribution in [3.8, 4) is 5.75 Å². The van der Waals surface area contributed by atoms with E-state index in [0.717, 1.165) is 15.8 Å². The Morgan fingerprint density at radius 2 is 2.08 bits per heavy atom. The van der Waals surface area contributed by atoms with Crippen molar-refractivity contribution in [3.63, 3.8) is 0 Å². The molecule has 1 aliphatic rings. The van der Waals surface area contributed by atoms with Crippen LogP contribution in [0.25, 0.3) is 6.08 Å². The number of amides is 1. The first-order chi connectivity index (χ1) is 11.5. The third-order valence-corrected chi connectivity index (χ3v) is 5.49. The number of hydrogen-bond acceptors (Lipinski definition) is 4. The Labute approximate surface area is 162 Å². The van der Waals surface area contributed by atoms with E-state index in [1.165, 1.54) is 16.7 Å². The van der Waals surface area contributed by atoms with Crippen LogP contribution in [0.2, 0.25) is 5.02 Å². The van der Waals surface area contributed by atoms with Crippen molar-refractivity contribution in [1.29, 1.82) is 0 Å². The van der Waals surface area contributed by atoms with Gasteiger partial charge in [0, 0.05) is 5.02 Å². The molecule has 1 saturated heterocycles. The summed E-state index contributed by atoms with van der Waals surface area (Å²) in [7, 11) is 1.61. The Morgan fingerprint density at radius 1 is 1.29 bits per heavy atom. The molecular formula is C17H11BrClNO2S2. The van der Waals surface area contributed by atoms with E-state index in [2.05, 4.69) is 15.9 Å². The molecule has 3 rings (SSSR count). The maximum Gasteiger partial charge on any atom is 0.270 e. The first kappa shape index (κ1) is 17.5. The van der Waals surface area contributed by atoms with E-state index in [-0.39, 0.29) is 5.91 Å². The van der Waals surface area contributed by atoms with E-state index in [1.807, 2.05) is 30.3 Å². The molecule has 0 radical (unpaired) electrons. The van der Waals surface area contributed by atoms with Gasteiger partial charge < -0.3 is 4.74 Å². The number of halogens is 2. The van der Waals surface area contributed by atoms with Crippen LogP contribution in [0.15, 0.2) is 51.8 Å². The second-order valence-corrected chi connectivity index (χ2v) is 7.86. The lowest BCUT2D eigenvalue weighted by molar-refractivity contribution is -0.113. The zero-order valence-electron chi connectivity index (χ0n) is 12.5. The average Bonchev–Trinajstić information content (AvgIpc) is 2.81. The standard InChI is InChI=1S/C17H11BrClNO2S2/c1-22-14-6-5-10(7-13(14)18)8-15-16(21)20(17(23)24-15)12-4-2-3-11(19)9-12/h2-9H,1H3/b15-8-. The summed E-state index contributed by atoms with van der Waals surface area (Å²) in [5.41, 5.74) is 1.55. The Hall–Kier alpha value is -1.34. The Morgan fingerprint density at radius 3 is 2.75 bits per heavy atom. The zero-order valence-corrected chi connectivity index (χ0v) is 16.4. The molecule has 2 aromatic rings. The number of rotatable bonds is 3. The van der Waals surface area contributed by atoms with E-state index in [1.54, 1.807) is 25.3 Å². The molecule has 1 fully saturated rings. The van der Waals surface area contributed by atoms with Gasteiger partial charge in [0.25, 0.3) is 5.91 Å². The monoisotopic (exact) mass is 439 g/mol. The van der Waals surface area contributed by atoms with Gasteiger partial charge in [-0.3, -0.25) is 9.69 Å². The van der Waals surface area contributed by atoms with Crippen molar-refractivity contribution in [1.82, 2.24) is 0 Å². The number of thiocarbonyl (C=S) groups is 1. The highest BCUT2D eigenvalue weighted by molar-refractivity contribution is 9.10. The topological polar surface area (TPSA) is 29.5 Å². The molecule has 0 aliphatic carbocycles. The second kappa shape index (κ2) is 7.27. The molecule has 1 heterocycles. The number of nitrogens with zero attached hydrogens (tertiary/aromatic N) is 1. The van der Waals surface area contributed by atoms with Crippen LogP contribution in [-0.4, -0.2) is 17.3 Å². The largest absolute Gasteiger partial charge is 0.496 e. The van der Waals surface area contributed by atoms with Gasteiger partial charge in [0.1, 0.15) is 5.75 Å².